The van der Waals surface area contributed by atoms with Gasteiger partial charge in [-0.3, -0.25) is 0 Å². The highest BCUT2D eigenvalue weighted by atomic mass is 16.5. The Bertz CT molecular complexity index is 885. The topological polar surface area (TPSA) is 118 Å². The van der Waals surface area contributed by atoms with E-state index in [-0.39, 0.29) is 59.5 Å². The number of phenolic OH excluding ortho intramolecular Hbond substituents is 2. The number of aromatic hydroxyl groups is 2. The molecule has 0 heterocycles. The molecule has 0 radical (unpaired) electrons. The molecule has 2 aromatic carbocycles. The minimum absolute atomic E-state index is 0.126. The molecule has 0 amide bonds. The molecule has 164 valence electrons. The van der Waals surface area contributed by atoms with Crippen molar-refractivity contribution in [2.24, 2.45) is 11.8 Å². The van der Waals surface area contributed by atoms with Crippen molar-refractivity contribution in [2.45, 2.75) is 12.3 Å². The van der Waals surface area contributed by atoms with Gasteiger partial charge in [-0.1, -0.05) is 0 Å². The number of ether oxygens (including phenoxy) is 4. The van der Waals surface area contributed by atoms with E-state index in [2.05, 4.69) is 0 Å². The molecular weight excluding hydrogens is 392 g/mol. The molecule has 0 aromatic heterocycles. The maximum atomic E-state index is 10.7. The average Bonchev–Trinajstić information content (AvgIpc) is 2.77. The lowest BCUT2D eigenvalue weighted by Gasteiger charge is -2.39. The molecule has 8 heteroatoms. The molecular formula is C22H28O8. The summed E-state index contributed by atoms with van der Waals surface area (Å²) in [6.45, 7) is -0.324. The predicted molar refractivity (Wildman–Crippen MR) is 109 cm³/mol. The number of hydrogen-bond acceptors (Lipinski definition) is 8. The van der Waals surface area contributed by atoms with Crippen molar-refractivity contribution in [3.8, 4) is 34.5 Å². The van der Waals surface area contributed by atoms with Gasteiger partial charge in [-0.05, 0) is 47.6 Å². The number of aliphatic hydroxyl groups excluding tert-OH is 2. The number of rotatable bonds is 7. The summed E-state index contributed by atoms with van der Waals surface area (Å²) in [5.41, 5.74) is 2.21. The van der Waals surface area contributed by atoms with Crippen LogP contribution in [0.5, 0.6) is 34.5 Å². The van der Waals surface area contributed by atoms with Crippen molar-refractivity contribution in [3.63, 3.8) is 0 Å². The number of aliphatic hydroxyl groups is 2. The molecule has 0 spiro atoms. The zero-order valence-corrected chi connectivity index (χ0v) is 17.5. The van der Waals surface area contributed by atoms with E-state index in [1.807, 2.05) is 0 Å². The average molecular weight is 420 g/mol. The van der Waals surface area contributed by atoms with Crippen LogP contribution in [0.3, 0.4) is 0 Å². The molecule has 3 rings (SSSR count). The zero-order chi connectivity index (χ0) is 22.0. The van der Waals surface area contributed by atoms with Gasteiger partial charge in [-0.15, -0.1) is 0 Å². The predicted octanol–water partition coefficient (Wildman–Crippen LogP) is 2.04. The minimum atomic E-state index is -0.467. The van der Waals surface area contributed by atoms with E-state index in [9.17, 15) is 20.4 Å². The van der Waals surface area contributed by atoms with Crippen LogP contribution in [0.25, 0.3) is 0 Å². The van der Waals surface area contributed by atoms with Crippen LogP contribution in [0.4, 0.5) is 0 Å². The number of benzene rings is 2. The highest BCUT2D eigenvalue weighted by Gasteiger charge is 2.41. The van der Waals surface area contributed by atoms with E-state index >= 15 is 0 Å². The first-order valence-electron chi connectivity index (χ1n) is 9.58. The Morgan fingerprint density at radius 3 is 1.83 bits per heavy atom. The van der Waals surface area contributed by atoms with Crippen LogP contribution in [-0.4, -0.2) is 62.1 Å². The summed E-state index contributed by atoms with van der Waals surface area (Å²) in [6.07, 6.45) is 0.479. The molecule has 0 saturated heterocycles. The molecule has 30 heavy (non-hydrogen) atoms. The summed E-state index contributed by atoms with van der Waals surface area (Å²) < 4.78 is 21.4. The van der Waals surface area contributed by atoms with E-state index in [1.165, 1.54) is 28.4 Å². The lowest BCUT2D eigenvalue weighted by Crippen LogP contribution is -2.35. The van der Waals surface area contributed by atoms with Crippen molar-refractivity contribution < 1.29 is 39.4 Å². The lowest BCUT2D eigenvalue weighted by atomic mass is 9.66. The Labute approximate surface area is 175 Å². The normalized spacial score (nSPS) is 20.4. The first-order valence-corrected chi connectivity index (χ1v) is 9.58. The molecule has 1 aliphatic rings. The van der Waals surface area contributed by atoms with Gasteiger partial charge in [-0.25, -0.2) is 0 Å². The highest BCUT2D eigenvalue weighted by molar-refractivity contribution is 5.64. The van der Waals surface area contributed by atoms with Crippen LogP contribution < -0.4 is 18.9 Å². The van der Waals surface area contributed by atoms with Crippen LogP contribution in [0.1, 0.15) is 22.6 Å². The molecule has 1 aliphatic carbocycles. The fraction of sp³-hybridized carbons (Fsp3) is 0.455. The van der Waals surface area contributed by atoms with Crippen LogP contribution in [0, 0.1) is 11.8 Å². The lowest BCUT2D eigenvalue weighted by molar-refractivity contribution is 0.0999. The molecule has 2 aromatic rings. The summed E-state index contributed by atoms with van der Waals surface area (Å²) in [5, 5.41) is 41.3. The summed E-state index contributed by atoms with van der Waals surface area (Å²) in [4.78, 5) is 0. The Morgan fingerprint density at radius 1 is 0.800 bits per heavy atom. The largest absolute Gasteiger partial charge is 0.502 e. The molecule has 2 unspecified atom stereocenters. The molecule has 4 N–H and O–H groups in total. The van der Waals surface area contributed by atoms with E-state index < -0.39 is 5.92 Å². The summed E-state index contributed by atoms with van der Waals surface area (Å²) >= 11 is 0. The summed E-state index contributed by atoms with van der Waals surface area (Å²) in [5.74, 6) is -0.411. The maximum absolute atomic E-state index is 10.7. The first-order chi connectivity index (χ1) is 14.4. The second-order valence-corrected chi connectivity index (χ2v) is 7.28. The molecule has 0 fully saturated rings. The zero-order valence-electron chi connectivity index (χ0n) is 17.5. The molecule has 0 saturated carbocycles. The van der Waals surface area contributed by atoms with E-state index in [1.54, 1.807) is 18.2 Å². The van der Waals surface area contributed by atoms with Gasteiger partial charge < -0.3 is 39.4 Å². The van der Waals surface area contributed by atoms with Crippen molar-refractivity contribution in [1.29, 1.82) is 0 Å². The second kappa shape index (κ2) is 8.89. The third kappa shape index (κ3) is 3.46. The Balaban J connectivity index is 2.34. The van der Waals surface area contributed by atoms with E-state index in [0.717, 1.165) is 5.56 Å². The van der Waals surface area contributed by atoms with Gasteiger partial charge >= 0.3 is 0 Å². The van der Waals surface area contributed by atoms with E-state index in [4.69, 9.17) is 18.9 Å². The fourth-order valence-electron chi connectivity index (χ4n) is 4.44. The Morgan fingerprint density at radius 2 is 1.37 bits per heavy atom. The highest BCUT2D eigenvalue weighted by Crippen LogP contribution is 2.54. The third-order valence-corrected chi connectivity index (χ3v) is 5.90. The second-order valence-electron chi connectivity index (χ2n) is 7.28. The van der Waals surface area contributed by atoms with Gasteiger partial charge in [0.25, 0.3) is 0 Å². The molecule has 0 bridgehead atoms. The SMILES string of the molecule is COc1cc([C@H]2c3c(cc(OC)c(O)c3OC)CC(CO)C2CO)cc(OC)c1O. The van der Waals surface area contributed by atoms with Crippen LogP contribution in [0.2, 0.25) is 0 Å². The van der Waals surface area contributed by atoms with Gasteiger partial charge in [-0.2, -0.15) is 0 Å². The quantitative estimate of drug-likeness (QED) is 0.538. The summed E-state index contributed by atoms with van der Waals surface area (Å²) in [7, 11) is 5.78. The number of hydrogen-bond donors (Lipinski definition) is 4. The van der Waals surface area contributed by atoms with E-state index in [0.29, 0.717) is 17.5 Å². The van der Waals surface area contributed by atoms with Gasteiger partial charge in [0, 0.05) is 24.7 Å². The van der Waals surface area contributed by atoms with Gasteiger partial charge in [0.15, 0.2) is 23.0 Å². The van der Waals surface area contributed by atoms with Crippen LogP contribution in [0.15, 0.2) is 18.2 Å². The van der Waals surface area contributed by atoms with Crippen molar-refractivity contribution in [3.05, 3.63) is 34.9 Å². The van der Waals surface area contributed by atoms with Crippen LogP contribution >= 0.6 is 0 Å². The number of methoxy groups -OCH3 is 4. The monoisotopic (exact) mass is 420 g/mol. The number of phenols is 2. The fourth-order valence-corrected chi connectivity index (χ4v) is 4.44. The smallest absolute Gasteiger partial charge is 0.201 e. The third-order valence-electron chi connectivity index (χ3n) is 5.90. The molecule has 0 aliphatic heterocycles. The number of fused-ring (bicyclic) bond motifs is 1. The van der Waals surface area contributed by atoms with Crippen molar-refractivity contribution >= 4 is 0 Å². The van der Waals surface area contributed by atoms with Gasteiger partial charge in [0.05, 0.1) is 28.4 Å². The molecule has 8 nitrogen and oxygen atoms in total. The van der Waals surface area contributed by atoms with Gasteiger partial charge in [0.2, 0.25) is 11.5 Å². The summed E-state index contributed by atoms with van der Waals surface area (Å²) in [6, 6.07) is 5.05. The van der Waals surface area contributed by atoms with Crippen molar-refractivity contribution in [2.75, 3.05) is 41.7 Å². The van der Waals surface area contributed by atoms with Crippen LogP contribution in [-0.2, 0) is 6.42 Å². The standard InChI is InChI=1S/C22H28O8/c1-27-15-7-12(8-16(28-2)20(15)25)18-14(10-24)13(9-23)5-11-6-17(29-3)21(26)22(30-4)19(11)18/h6-8,13-14,18,23-26H,5,9-10H2,1-4H3/t13?,14?,18-/m1/s1. The van der Waals surface area contributed by atoms with Crippen molar-refractivity contribution in [1.82, 2.24) is 0 Å². The maximum Gasteiger partial charge on any atom is 0.201 e. The minimum Gasteiger partial charge on any atom is -0.502 e. The Hall–Kier alpha value is -2.84. The first kappa shape index (κ1) is 21.9. The van der Waals surface area contributed by atoms with Gasteiger partial charge in [0.1, 0.15) is 0 Å². The Kier molecular flexibility index (Phi) is 6.48. The molecule has 3 atom stereocenters.